The van der Waals surface area contributed by atoms with Crippen LogP contribution in [0.3, 0.4) is 0 Å². The molecule has 3 N–H and O–H groups in total. The molecule has 3 rings (SSSR count). The van der Waals surface area contributed by atoms with E-state index in [1.165, 1.54) is 24.1 Å². The molecule has 0 bridgehead atoms. The van der Waals surface area contributed by atoms with Crippen molar-refractivity contribution in [2.75, 3.05) is 24.5 Å². The van der Waals surface area contributed by atoms with Gasteiger partial charge in [-0.2, -0.15) is 0 Å². The van der Waals surface area contributed by atoms with Gasteiger partial charge in [0.05, 0.1) is 5.82 Å². The Morgan fingerprint density at radius 2 is 2.21 bits per heavy atom. The average Bonchev–Trinajstić information content (AvgIpc) is 3.20. The van der Waals surface area contributed by atoms with E-state index < -0.39 is 0 Å². The van der Waals surface area contributed by atoms with Crippen molar-refractivity contribution in [3.8, 4) is 0 Å². The molecular formula is C16H23N3. The van der Waals surface area contributed by atoms with Crippen LogP contribution in [0.4, 0.5) is 5.69 Å². The van der Waals surface area contributed by atoms with E-state index in [0.29, 0.717) is 5.92 Å². The number of hydrogen-bond donors (Lipinski definition) is 2. The lowest BCUT2D eigenvalue weighted by Crippen LogP contribution is -2.30. The molecular weight excluding hydrogens is 234 g/mol. The minimum atomic E-state index is 0.518. The Morgan fingerprint density at radius 3 is 2.84 bits per heavy atom. The van der Waals surface area contributed by atoms with Crippen LogP contribution in [0.15, 0.2) is 36.2 Å². The van der Waals surface area contributed by atoms with Crippen LogP contribution in [0, 0.1) is 5.92 Å². The summed E-state index contributed by atoms with van der Waals surface area (Å²) in [7, 11) is 0. The molecule has 102 valence electrons. The molecule has 2 aliphatic rings. The van der Waals surface area contributed by atoms with Gasteiger partial charge < -0.3 is 16.0 Å². The first-order valence-electron chi connectivity index (χ1n) is 7.32. The van der Waals surface area contributed by atoms with Gasteiger partial charge in [0.2, 0.25) is 0 Å². The highest BCUT2D eigenvalue weighted by Crippen LogP contribution is 2.41. The first-order chi connectivity index (χ1) is 9.26. The predicted octanol–water partition coefficient (Wildman–Crippen LogP) is 2.41. The SMILES string of the molecule is CCN(C[C@H]1C=C(N)NC1)c1cccc(C2CC2)c1. The van der Waals surface area contributed by atoms with E-state index in [9.17, 15) is 0 Å². The molecule has 0 aromatic heterocycles. The second-order valence-electron chi connectivity index (χ2n) is 5.67. The van der Waals surface area contributed by atoms with Gasteiger partial charge in [0.15, 0.2) is 0 Å². The normalized spacial score (nSPS) is 21.9. The summed E-state index contributed by atoms with van der Waals surface area (Å²) in [6, 6.07) is 9.06. The molecule has 1 aliphatic carbocycles. The highest BCUT2D eigenvalue weighted by Gasteiger charge is 2.24. The summed E-state index contributed by atoms with van der Waals surface area (Å²) >= 11 is 0. The lowest BCUT2D eigenvalue weighted by atomic mass is 10.1. The second-order valence-corrected chi connectivity index (χ2v) is 5.67. The summed E-state index contributed by atoms with van der Waals surface area (Å²) in [4.78, 5) is 2.45. The third-order valence-corrected chi connectivity index (χ3v) is 4.10. The predicted molar refractivity (Wildman–Crippen MR) is 80.1 cm³/mol. The van der Waals surface area contributed by atoms with Gasteiger partial charge in [-0.25, -0.2) is 0 Å². The third-order valence-electron chi connectivity index (χ3n) is 4.10. The zero-order valence-electron chi connectivity index (χ0n) is 11.6. The van der Waals surface area contributed by atoms with Crippen LogP contribution in [0.25, 0.3) is 0 Å². The molecule has 0 amide bonds. The Balaban J connectivity index is 1.72. The summed E-state index contributed by atoms with van der Waals surface area (Å²) < 4.78 is 0. The summed E-state index contributed by atoms with van der Waals surface area (Å²) in [6.07, 6.45) is 4.87. The van der Waals surface area contributed by atoms with Crippen molar-refractivity contribution in [2.24, 2.45) is 11.7 Å². The van der Waals surface area contributed by atoms with E-state index in [2.05, 4.69) is 47.5 Å². The molecule has 1 aliphatic heterocycles. The maximum Gasteiger partial charge on any atom is 0.0923 e. The van der Waals surface area contributed by atoms with Gasteiger partial charge in [0.1, 0.15) is 0 Å². The van der Waals surface area contributed by atoms with Crippen molar-refractivity contribution in [2.45, 2.75) is 25.7 Å². The molecule has 3 heteroatoms. The van der Waals surface area contributed by atoms with E-state index in [-0.39, 0.29) is 0 Å². The first kappa shape index (κ1) is 12.4. The van der Waals surface area contributed by atoms with Crippen LogP contribution in [-0.2, 0) is 0 Å². The molecule has 1 aromatic carbocycles. The van der Waals surface area contributed by atoms with Crippen LogP contribution < -0.4 is 16.0 Å². The largest absolute Gasteiger partial charge is 0.386 e. The van der Waals surface area contributed by atoms with Gasteiger partial charge in [-0.15, -0.1) is 0 Å². The molecule has 1 atom stereocenters. The van der Waals surface area contributed by atoms with E-state index in [0.717, 1.165) is 31.4 Å². The number of nitrogens with zero attached hydrogens (tertiary/aromatic N) is 1. The van der Waals surface area contributed by atoms with Gasteiger partial charge >= 0.3 is 0 Å². The number of nitrogens with two attached hydrogens (primary N) is 1. The molecule has 1 heterocycles. The number of nitrogens with one attached hydrogen (secondary N) is 1. The molecule has 0 spiro atoms. The fraction of sp³-hybridized carbons (Fsp3) is 0.500. The number of anilines is 1. The fourth-order valence-corrected chi connectivity index (χ4v) is 2.83. The molecule has 19 heavy (non-hydrogen) atoms. The van der Waals surface area contributed by atoms with Crippen molar-refractivity contribution in [1.29, 1.82) is 0 Å². The Labute approximate surface area is 115 Å². The van der Waals surface area contributed by atoms with E-state index >= 15 is 0 Å². The summed E-state index contributed by atoms with van der Waals surface area (Å²) in [6.45, 7) is 5.26. The molecule has 0 radical (unpaired) electrons. The summed E-state index contributed by atoms with van der Waals surface area (Å²) in [5, 5.41) is 3.20. The average molecular weight is 257 g/mol. The number of hydrogen-bond acceptors (Lipinski definition) is 3. The zero-order valence-corrected chi connectivity index (χ0v) is 11.6. The monoisotopic (exact) mass is 257 g/mol. The van der Waals surface area contributed by atoms with Crippen LogP contribution in [0.5, 0.6) is 0 Å². The van der Waals surface area contributed by atoms with Gasteiger partial charge in [-0.3, -0.25) is 0 Å². The van der Waals surface area contributed by atoms with E-state index in [4.69, 9.17) is 5.73 Å². The topological polar surface area (TPSA) is 41.3 Å². The van der Waals surface area contributed by atoms with Crippen LogP contribution in [0.2, 0.25) is 0 Å². The lowest BCUT2D eigenvalue weighted by molar-refractivity contribution is 0.623. The minimum Gasteiger partial charge on any atom is -0.386 e. The number of rotatable bonds is 5. The third kappa shape index (κ3) is 2.86. The maximum atomic E-state index is 5.78. The standard InChI is InChI=1S/C16H23N3/c1-2-19(11-12-8-16(17)18-10-12)15-5-3-4-14(9-15)13-6-7-13/h3-5,8-9,12-13,18H,2,6-7,10-11,17H2,1H3/t12-/m0/s1. The van der Waals surface area contributed by atoms with E-state index in [1.807, 2.05) is 0 Å². The van der Waals surface area contributed by atoms with Crippen molar-refractivity contribution in [1.82, 2.24) is 5.32 Å². The lowest BCUT2D eigenvalue weighted by Gasteiger charge is -2.26. The zero-order chi connectivity index (χ0) is 13.2. The Kier molecular flexibility index (Phi) is 3.36. The molecule has 1 saturated carbocycles. The Hall–Kier alpha value is -1.64. The summed E-state index contributed by atoms with van der Waals surface area (Å²) in [5.41, 5.74) is 8.65. The fourth-order valence-electron chi connectivity index (χ4n) is 2.83. The quantitative estimate of drug-likeness (QED) is 0.851. The summed E-state index contributed by atoms with van der Waals surface area (Å²) in [5.74, 6) is 2.17. The van der Waals surface area contributed by atoms with Crippen molar-refractivity contribution >= 4 is 5.69 Å². The molecule has 3 nitrogen and oxygen atoms in total. The van der Waals surface area contributed by atoms with Gasteiger partial charge in [-0.05, 0) is 49.5 Å². The first-order valence-corrected chi connectivity index (χ1v) is 7.32. The maximum absolute atomic E-state index is 5.78. The molecule has 1 aromatic rings. The van der Waals surface area contributed by atoms with Gasteiger partial charge in [0, 0.05) is 31.2 Å². The van der Waals surface area contributed by atoms with Crippen LogP contribution in [0.1, 0.15) is 31.2 Å². The van der Waals surface area contributed by atoms with Crippen molar-refractivity contribution < 1.29 is 0 Å². The van der Waals surface area contributed by atoms with Gasteiger partial charge in [0.25, 0.3) is 0 Å². The molecule has 0 saturated heterocycles. The molecule has 1 fully saturated rings. The highest BCUT2D eigenvalue weighted by molar-refractivity contribution is 5.50. The Bertz CT molecular complexity index is 477. The van der Waals surface area contributed by atoms with Crippen LogP contribution in [-0.4, -0.2) is 19.6 Å². The van der Waals surface area contributed by atoms with Crippen molar-refractivity contribution in [3.05, 3.63) is 41.7 Å². The minimum absolute atomic E-state index is 0.518. The smallest absolute Gasteiger partial charge is 0.0923 e. The van der Waals surface area contributed by atoms with E-state index in [1.54, 1.807) is 0 Å². The van der Waals surface area contributed by atoms with Crippen LogP contribution >= 0.6 is 0 Å². The van der Waals surface area contributed by atoms with Crippen molar-refractivity contribution in [3.63, 3.8) is 0 Å². The number of benzene rings is 1. The highest BCUT2D eigenvalue weighted by atomic mass is 15.1. The van der Waals surface area contributed by atoms with Gasteiger partial charge in [-0.1, -0.05) is 12.1 Å². The molecule has 0 unspecified atom stereocenters. The second kappa shape index (κ2) is 5.16. The Morgan fingerprint density at radius 1 is 1.37 bits per heavy atom.